The molecule has 0 saturated carbocycles. The van der Waals surface area contributed by atoms with Crippen molar-refractivity contribution in [2.45, 2.75) is 18.9 Å². The van der Waals surface area contributed by atoms with E-state index < -0.39 is 0 Å². The molecular formula is C17H15N5. The van der Waals surface area contributed by atoms with E-state index in [9.17, 15) is 5.26 Å². The molecule has 4 N–H and O–H groups in total. The highest BCUT2D eigenvalue weighted by atomic mass is 15.4. The summed E-state index contributed by atoms with van der Waals surface area (Å²) in [4.78, 5) is 4.52. The molecule has 0 bridgehead atoms. The Labute approximate surface area is 128 Å². The van der Waals surface area contributed by atoms with Gasteiger partial charge in [0.1, 0.15) is 17.5 Å². The Balaban J connectivity index is 2.03. The van der Waals surface area contributed by atoms with Gasteiger partial charge in [-0.3, -0.25) is 0 Å². The summed E-state index contributed by atoms with van der Waals surface area (Å²) in [5.41, 5.74) is 17.9. The quantitative estimate of drug-likeness (QED) is 0.747. The standard InChI is InChI=1S/C17H15N5/c18-8-12-15(10-4-2-1-3-5-10)11-6-7-14-13(9-20-22-14)16(11)21-17(12)19/h1-5,9,14,20,22H,6-7H2,(H2,19,21). The number of hydrogen-bond donors (Lipinski definition) is 3. The maximum Gasteiger partial charge on any atom is 0.142 e. The van der Waals surface area contributed by atoms with Crippen LogP contribution in [0.2, 0.25) is 0 Å². The lowest BCUT2D eigenvalue weighted by atomic mass is 9.83. The highest BCUT2D eigenvalue weighted by Gasteiger charge is 2.31. The van der Waals surface area contributed by atoms with E-state index in [1.807, 2.05) is 36.5 Å². The molecule has 5 heteroatoms. The normalized spacial score (nSPS) is 18.7. The molecule has 0 saturated heterocycles. The van der Waals surface area contributed by atoms with E-state index in [2.05, 4.69) is 21.9 Å². The van der Waals surface area contributed by atoms with E-state index >= 15 is 0 Å². The number of aromatic nitrogens is 1. The molecule has 1 atom stereocenters. The molecular weight excluding hydrogens is 274 g/mol. The van der Waals surface area contributed by atoms with Crippen LogP contribution in [0.25, 0.3) is 16.7 Å². The second-order valence-corrected chi connectivity index (χ2v) is 5.53. The number of rotatable bonds is 1. The summed E-state index contributed by atoms with van der Waals surface area (Å²) in [6, 6.07) is 12.4. The van der Waals surface area contributed by atoms with Crippen molar-refractivity contribution in [3.63, 3.8) is 0 Å². The molecule has 1 aromatic carbocycles. The van der Waals surface area contributed by atoms with Crippen molar-refractivity contribution >= 4 is 11.4 Å². The molecule has 0 spiro atoms. The number of nitrogens with two attached hydrogens (primary N) is 1. The van der Waals surface area contributed by atoms with E-state index in [0.717, 1.165) is 40.8 Å². The van der Waals surface area contributed by atoms with Gasteiger partial charge in [-0.25, -0.2) is 10.4 Å². The average Bonchev–Trinajstić information content (AvgIpc) is 3.03. The van der Waals surface area contributed by atoms with E-state index in [4.69, 9.17) is 5.73 Å². The predicted octanol–water partition coefficient (Wildman–Crippen LogP) is 1.97. The van der Waals surface area contributed by atoms with Crippen molar-refractivity contribution in [2.24, 2.45) is 0 Å². The largest absolute Gasteiger partial charge is 0.383 e. The van der Waals surface area contributed by atoms with E-state index in [1.165, 1.54) is 0 Å². The molecule has 22 heavy (non-hydrogen) atoms. The lowest BCUT2D eigenvalue weighted by Gasteiger charge is -2.26. The summed E-state index contributed by atoms with van der Waals surface area (Å²) in [5, 5.41) is 9.54. The first-order valence-electron chi connectivity index (χ1n) is 7.29. The van der Waals surface area contributed by atoms with E-state index in [1.54, 1.807) is 0 Å². The zero-order chi connectivity index (χ0) is 15.1. The first kappa shape index (κ1) is 12.9. The molecule has 2 aromatic rings. The Morgan fingerprint density at radius 2 is 2.09 bits per heavy atom. The molecule has 108 valence electrons. The number of benzene rings is 1. The molecule has 1 unspecified atom stereocenters. The molecule has 1 aliphatic heterocycles. The molecule has 2 aliphatic rings. The Kier molecular flexibility index (Phi) is 2.84. The zero-order valence-corrected chi connectivity index (χ0v) is 11.9. The number of nitrogen functional groups attached to an aromatic ring is 1. The van der Waals surface area contributed by atoms with Crippen LogP contribution >= 0.6 is 0 Å². The fourth-order valence-corrected chi connectivity index (χ4v) is 3.31. The first-order chi connectivity index (χ1) is 10.8. The third-order valence-electron chi connectivity index (χ3n) is 4.32. The molecule has 2 heterocycles. The average molecular weight is 289 g/mol. The first-order valence-corrected chi connectivity index (χ1v) is 7.29. The fourth-order valence-electron chi connectivity index (χ4n) is 3.31. The molecule has 5 nitrogen and oxygen atoms in total. The van der Waals surface area contributed by atoms with Crippen LogP contribution in [-0.2, 0) is 6.42 Å². The second kappa shape index (κ2) is 4.86. The Morgan fingerprint density at radius 3 is 2.86 bits per heavy atom. The topological polar surface area (TPSA) is 86.8 Å². The highest BCUT2D eigenvalue weighted by Crippen LogP contribution is 2.40. The third-order valence-corrected chi connectivity index (χ3v) is 4.32. The molecule has 1 aliphatic carbocycles. The minimum atomic E-state index is 0.260. The summed E-state index contributed by atoms with van der Waals surface area (Å²) < 4.78 is 0. The van der Waals surface area contributed by atoms with Gasteiger partial charge < -0.3 is 11.2 Å². The summed E-state index contributed by atoms with van der Waals surface area (Å²) >= 11 is 0. The van der Waals surface area contributed by atoms with Gasteiger partial charge in [0.25, 0.3) is 0 Å². The van der Waals surface area contributed by atoms with Crippen LogP contribution in [0.1, 0.15) is 23.2 Å². The number of anilines is 1. The highest BCUT2D eigenvalue weighted by molar-refractivity contribution is 5.85. The van der Waals surface area contributed by atoms with E-state index in [0.29, 0.717) is 11.4 Å². The van der Waals surface area contributed by atoms with Gasteiger partial charge in [-0.15, -0.1) is 0 Å². The zero-order valence-electron chi connectivity index (χ0n) is 11.9. The third kappa shape index (κ3) is 1.78. The van der Waals surface area contributed by atoms with Crippen LogP contribution in [0.4, 0.5) is 5.82 Å². The summed E-state index contributed by atoms with van der Waals surface area (Å²) in [6.07, 6.45) is 3.79. The van der Waals surface area contributed by atoms with Crippen LogP contribution < -0.4 is 16.6 Å². The second-order valence-electron chi connectivity index (χ2n) is 5.53. The Bertz CT molecular complexity index is 817. The molecule has 0 amide bonds. The van der Waals surface area contributed by atoms with Gasteiger partial charge in [-0.1, -0.05) is 30.3 Å². The molecule has 0 fully saturated rings. The number of hydrazine groups is 1. The monoisotopic (exact) mass is 289 g/mol. The SMILES string of the molecule is N#Cc1c(N)nc2c(c1-c1ccccc1)CCC1NNC=C21. The van der Waals surface area contributed by atoms with Crippen molar-refractivity contribution in [1.29, 1.82) is 5.26 Å². The van der Waals surface area contributed by atoms with Gasteiger partial charge in [0.05, 0.1) is 11.7 Å². The summed E-state index contributed by atoms with van der Waals surface area (Å²) in [6.45, 7) is 0. The summed E-state index contributed by atoms with van der Waals surface area (Å²) in [7, 11) is 0. The number of nitrogens with one attached hydrogen (secondary N) is 2. The maximum atomic E-state index is 9.54. The minimum absolute atomic E-state index is 0.260. The van der Waals surface area contributed by atoms with Gasteiger partial charge in [-0.2, -0.15) is 5.26 Å². The predicted molar refractivity (Wildman–Crippen MR) is 85.2 cm³/mol. The number of hydrogen-bond acceptors (Lipinski definition) is 5. The number of fused-ring (bicyclic) bond motifs is 3. The minimum Gasteiger partial charge on any atom is -0.383 e. The van der Waals surface area contributed by atoms with Gasteiger partial charge >= 0.3 is 0 Å². The van der Waals surface area contributed by atoms with Crippen molar-refractivity contribution in [1.82, 2.24) is 15.8 Å². The van der Waals surface area contributed by atoms with Crippen LogP contribution in [0, 0.1) is 11.3 Å². The number of nitrogens with zero attached hydrogens (tertiary/aromatic N) is 2. The van der Waals surface area contributed by atoms with Crippen LogP contribution in [0.3, 0.4) is 0 Å². The lowest BCUT2D eigenvalue weighted by Crippen LogP contribution is -2.34. The lowest BCUT2D eigenvalue weighted by molar-refractivity contribution is 0.548. The van der Waals surface area contributed by atoms with Gasteiger partial charge in [0.15, 0.2) is 0 Å². The van der Waals surface area contributed by atoms with Crippen molar-refractivity contribution < 1.29 is 0 Å². The smallest absolute Gasteiger partial charge is 0.142 e. The fraction of sp³-hybridized carbons (Fsp3) is 0.176. The van der Waals surface area contributed by atoms with Gasteiger partial charge in [0, 0.05) is 17.3 Å². The Morgan fingerprint density at radius 1 is 1.27 bits per heavy atom. The van der Waals surface area contributed by atoms with Crippen molar-refractivity contribution in [3.8, 4) is 17.2 Å². The van der Waals surface area contributed by atoms with Gasteiger partial charge in [0.2, 0.25) is 0 Å². The van der Waals surface area contributed by atoms with Crippen molar-refractivity contribution in [3.05, 3.63) is 53.4 Å². The summed E-state index contributed by atoms with van der Waals surface area (Å²) in [5.74, 6) is 0.300. The van der Waals surface area contributed by atoms with Crippen LogP contribution in [0.15, 0.2) is 36.5 Å². The van der Waals surface area contributed by atoms with E-state index in [-0.39, 0.29) is 6.04 Å². The van der Waals surface area contributed by atoms with Gasteiger partial charge in [-0.05, 0) is 24.0 Å². The molecule has 4 rings (SSSR count). The van der Waals surface area contributed by atoms with Crippen molar-refractivity contribution in [2.75, 3.05) is 5.73 Å². The van der Waals surface area contributed by atoms with Crippen LogP contribution in [0.5, 0.6) is 0 Å². The Hall–Kier alpha value is -2.84. The molecule has 0 radical (unpaired) electrons. The molecule has 1 aromatic heterocycles. The van der Waals surface area contributed by atoms with Crippen LogP contribution in [-0.4, -0.2) is 11.0 Å². The number of pyridine rings is 1. The maximum absolute atomic E-state index is 9.54. The number of nitriles is 1.